The van der Waals surface area contributed by atoms with E-state index in [0.29, 0.717) is 0 Å². The molecule has 0 aliphatic heterocycles. The lowest BCUT2D eigenvalue weighted by Crippen LogP contribution is -2.19. The van der Waals surface area contributed by atoms with Crippen LogP contribution in [0.5, 0.6) is 5.75 Å². The minimum atomic E-state index is -4.96. The average Bonchev–Trinajstić information content (AvgIpc) is 2.18. The van der Waals surface area contributed by atoms with Gasteiger partial charge in [0, 0.05) is 10.9 Å². The van der Waals surface area contributed by atoms with Crippen LogP contribution < -0.4 is 10.5 Å². The Morgan fingerprint density at radius 1 is 1.41 bits per heavy atom. The molecule has 0 saturated carbocycles. The van der Waals surface area contributed by atoms with Crippen LogP contribution >= 0.6 is 15.9 Å². The van der Waals surface area contributed by atoms with Crippen molar-refractivity contribution >= 4 is 21.7 Å². The lowest BCUT2D eigenvalue weighted by molar-refractivity contribution is -0.274. The van der Waals surface area contributed by atoms with E-state index in [2.05, 4.69) is 25.7 Å². The third kappa shape index (κ3) is 3.69. The zero-order valence-electron chi connectivity index (χ0n) is 8.06. The summed E-state index contributed by atoms with van der Waals surface area (Å²) in [5.74, 6) is -1.49. The van der Waals surface area contributed by atoms with Crippen molar-refractivity contribution in [3.63, 3.8) is 0 Å². The van der Waals surface area contributed by atoms with Crippen LogP contribution in [-0.2, 0) is 5.33 Å². The number of pyridine rings is 1. The molecule has 0 unspecified atom stereocenters. The maximum absolute atomic E-state index is 12.3. The lowest BCUT2D eigenvalue weighted by Gasteiger charge is -2.14. The molecule has 2 N–H and O–H groups in total. The van der Waals surface area contributed by atoms with Crippen LogP contribution in [0.3, 0.4) is 0 Å². The van der Waals surface area contributed by atoms with Crippen LogP contribution in [0.1, 0.15) is 17.7 Å². The Balaban J connectivity index is 3.21. The number of ether oxygens (including phenoxy) is 1. The molecule has 1 aromatic rings. The molecule has 9 heteroatoms. The zero-order valence-corrected chi connectivity index (χ0v) is 9.65. The summed E-state index contributed by atoms with van der Waals surface area (Å²) in [6.45, 7) is 0. The van der Waals surface area contributed by atoms with Crippen LogP contribution in [0.15, 0.2) is 6.07 Å². The van der Waals surface area contributed by atoms with Gasteiger partial charge in [0.1, 0.15) is 5.69 Å². The lowest BCUT2D eigenvalue weighted by atomic mass is 10.2. The van der Waals surface area contributed by atoms with Gasteiger partial charge in [-0.25, -0.2) is 13.8 Å². The first-order valence-corrected chi connectivity index (χ1v) is 5.26. The summed E-state index contributed by atoms with van der Waals surface area (Å²) < 4.78 is 64.4. The minimum absolute atomic E-state index is 0.120. The van der Waals surface area contributed by atoms with E-state index in [0.717, 1.165) is 6.07 Å². The minimum Gasteiger partial charge on any atom is -0.402 e. The van der Waals surface area contributed by atoms with Crippen LogP contribution in [0.2, 0.25) is 0 Å². The first-order valence-electron chi connectivity index (χ1n) is 4.13. The summed E-state index contributed by atoms with van der Waals surface area (Å²) in [5, 5.41) is -0.120. The largest absolute Gasteiger partial charge is 0.573 e. The van der Waals surface area contributed by atoms with Gasteiger partial charge in [-0.3, -0.25) is 0 Å². The van der Waals surface area contributed by atoms with Gasteiger partial charge in [-0.1, -0.05) is 15.9 Å². The summed E-state index contributed by atoms with van der Waals surface area (Å²) in [4.78, 5) is 3.15. The van der Waals surface area contributed by atoms with E-state index in [1.807, 2.05) is 0 Å². The molecular formula is C8H6BrF5N2O. The molecule has 0 spiro atoms. The smallest absolute Gasteiger partial charge is 0.402 e. The number of hydrogen-bond acceptors (Lipinski definition) is 3. The van der Waals surface area contributed by atoms with Crippen molar-refractivity contribution in [2.75, 3.05) is 5.73 Å². The second-order valence-electron chi connectivity index (χ2n) is 2.90. The molecule has 0 amide bonds. The molecule has 1 aromatic heterocycles. The second-order valence-corrected chi connectivity index (χ2v) is 3.46. The van der Waals surface area contributed by atoms with E-state index in [4.69, 9.17) is 5.73 Å². The number of alkyl halides is 6. The molecule has 0 atom stereocenters. The average molecular weight is 321 g/mol. The van der Waals surface area contributed by atoms with Crippen molar-refractivity contribution in [3.8, 4) is 5.75 Å². The van der Waals surface area contributed by atoms with Gasteiger partial charge in [0.2, 0.25) is 0 Å². The molecule has 0 radical (unpaired) electrons. The standard InChI is InChI=1S/C8H6BrF5N2O/c9-2-3-1-4(6(10)11)16-7(15)5(3)17-8(12,13)14/h1,6H,2H2,(H2,15,16). The van der Waals surface area contributed by atoms with Gasteiger partial charge in [-0.2, -0.15) is 0 Å². The van der Waals surface area contributed by atoms with E-state index >= 15 is 0 Å². The van der Waals surface area contributed by atoms with Crippen LogP contribution in [0.25, 0.3) is 0 Å². The summed E-state index contributed by atoms with van der Waals surface area (Å²) in [5.41, 5.74) is 4.30. The third-order valence-electron chi connectivity index (χ3n) is 1.68. The van der Waals surface area contributed by atoms with Gasteiger partial charge in [0.15, 0.2) is 11.6 Å². The van der Waals surface area contributed by atoms with E-state index in [1.54, 1.807) is 0 Å². The molecule has 1 rings (SSSR count). The highest BCUT2D eigenvalue weighted by Gasteiger charge is 2.33. The van der Waals surface area contributed by atoms with Gasteiger partial charge in [0.25, 0.3) is 6.43 Å². The number of nitrogens with two attached hydrogens (primary N) is 1. The van der Waals surface area contributed by atoms with Crippen molar-refractivity contribution < 1.29 is 26.7 Å². The monoisotopic (exact) mass is 320 g/mol. The summed E-state index contributed by atoms with van der Waals surface area (Å²) in [6.07, 6.45) is -7.88. The molecule has 0 aliphatic carbocycles. The number of halogens is 6. The number of aromatic nitrogens is 1. The van der Waals surface area contributed by atoms with Gasteiger partial charge in [0.05, 0.1) is 0 Å². The third-order valence-corrected chi connectivity index (χ3v) is 2.29. The first kappa shape index (κ1) is 13.9. The molecular weight excluding hydrogens is 315 g/mol. The predicted molar refractivity (Wildman–Crippen MR) is 52.9 cm³/mol. The highest BCUT2D eigenvalue weighted by atomic mass is 79.9. The van der Waals surface area contributed by atoms with Crippen molar-refractivity contribution in [3.05, 3.63) is 17.3 Å². The van der Waals surface area contributed by atoms with E-state index in [-0.39, 0.29) is 10.9 Å². The summed E-state index contributed by atoms with van der Waals surface area (Å²) in [6, 6.07) is 0.802. The fourth-order valence-corrected chi connectivity index (χ4v) is 1.49. The molecule has 0 fully saturated rings. The van der Waals surface area contributed by atoms with E-state index in [1.165, 1.54) is 0 Å². The molecule has 0 bridgehead atoms. The molecule has 0 saturated heterocycles. The Kier molecular flexibility index (Phi) is 4.12. The van der Waals surface area contributed by atoms with Crippen molar-refractivity contribution in [2.45, 2.75) is 18.1 Å². The van der Waals surface area contributed by atoms with E-state index < -0.39 is 30.0 Å². The molecule has 3 nitrogen and oxygen atoms in total. The number of nitrogens with zero attached hydrogens (tertiary/aromatic N) is 1. The summed E-state index contributed by atoms with van der Waals surface area (Å²) >= 11 is 2.86. The number of anilines is 1. The topological polar surface area (TPSA) is 48.1 Å². The molecule has 1 heterocycles. The molecule has 17 heavy (non-hydrogen) atoms. The van der Waals surface area contributed by atoms with Gasteiger partial charge < -0.3 is 10.5 Å². The molecule has 96 valence electrons. The predicted octanol–water partition coefficient (Wildman–Crippen LogP) is 3.39. The van der Waals surface area contributed by atoms with E-state index in [9.17, 15) is 22.0 Å². The van der Waals surface area contributed by atoms with Gasteiger partial charge in [-0.15, -0.1) is 13.2 Å². The van der Waals surface area contributed by atoms with Crippen LogP contribution in [0.4, 0.5) is 27.8 Å². The SMILES string of the molecule is Nc1nc(C(F)F)cc(CBr)c1OC(F)(F)F. The normalized spacial score (nSPS) is 11.9. The van der Waals surface area contributed by atoms with Gasteiger partial charge in [-0.05, 0) is 6.07 Å². The van der Waals surface area contributed by atoms with Gasteiger partial charge >= 0.3 is 6.36 Å². The highest BCUT2D eigenvalue weighted by molar-refractivity contribution is 9.08. The first-order chi connectivity index (χ1) is 7.74. The Bertz CT molecular complexity index is 410. The Hall–Kier alpha value is -1.12. The zero-order chi connectivity index (χ0) is 13.2. The fourth-order valence-electron chi connectivity index (χ4n) is 1.08. The molecule has 0 aliphatic rings. The van der Waals surface area contributed by atoms with Crippen molar-refractivity contribution in [1.29, 1.82) is 0 Å². The van der Waals surface area contributed by atoms with Crippen LogP contribution in [0, 0.1) is 0 Å². The Labute approximate surface area is 101 Å². The number of nitrogen functional groups attached to an aromatic ring is 1. The number of rotatable bonds is 3. The quantitative estimate of drug-likeness (QED) is 0.686. The number of hydrogen-bond donors (Lipinski definition) is 1. The Morgan fingerprint density at radius 2 is 2.00 bits per heavy atom. The Morgan fingerprint density at radius 3 is 2.41 bits per heavy atom. The summed E-state index contributed by atoms with van der Waals surface area (Å²) in [7, 11) is 0. The highest BCUT2D eigenvalue weighted by Crippen LogP contribution is 2.34. The van der Waals surface area contributed by atoms with Crippen LogP contribution in [-0.4, -0.2) is 11.3 Å². The second kappa shape index (κ2) is 5.03. The van der Waals surface area contributed by atoms with Crippen molar-refractivity contribution in [1.82, 2.24) is 4.98 Å². The maximum Gasteiger partial charge on any atom is 0.573 e. The maximum atomic E-state index is 12.3. The molecule has 0 aromatic carbocycles. The van der Waals surface area contributed by atoms with Crippen molar-refractivity contribution in [2.24, 2.45) is 0 Å². The fraction of sp³-hybridized carbons (Fsp3) is 0.375.